The van der Waals surface area contributed by atoms with E-state index in [1.165, 1.54) is 0 Å². The number of nitrogens with two attached hydrogens (primary N) is 1. The van der Waals surface area contributed by atoms with Crippen LogP contribution in [0.5, 0.6) is 0 Å². The molecule has 0 saturated carbocycles. The second kappa shape index (κ2) is 5.71. The number of aryl methyl sites for hydroxylation is 1. The van der Waals surface area contributed by atoms with Crippen LogP contribution in [0.4, 0.5) is 5.69 Å². The molecular formula is C14H22N2O. The maximum atomic E-state index is 12.2. The van der Waals surface area contributed by atoms with Crippen LogP contribution in [0, 0.1) is 6.92 Å². The van der Waals surface area contributed by atoms with Gasteiger partial charge in [0.05, 0.1) is 0 Å². The first-order valence-electron chi connectivity index (χ1n) is 6.14. The minimum atomic E-state index is 0.0467. The average Bonchev–Trinajstić information content (AvgIpc) is 2.33. The van der Waals surface area contributed by atoms with Crippen LogP contribution in [0.2, 0.25) is 0 Å². The number of anilines is 1. The molecule has 0 fully saturated rings. The van der Waals surface area contributed by atoms with Crippen molar-refractivity contribution in [3.63, 3.8) is 0 Å². The van der Waals surface area contributed by atoms with Crippen molar-refractivity contribution in [2.24, 2.45) is 0 Å². The Labute approximate surface area is 104 Å². The van der Waals surface area contributed by atoms with Crippen molar-refractivity contribution in [1.29, 1.82) is 0 Å². The number of nitrogen functional groups attached to an aromatic ring is 1. The molecule has 0 aromatic heterocycles. The maximum Gasteiger partial charge on any atom is 0.253 e. The molecule has 2 N–H and O–H groups in total. The molecule has 3 nitrogen and oxygen atoms in total. The van der Waals surface area contributed by atoms with Crippen molar-refractivity contribution in [3.8, 4) is 0 Å². The molecule has 0 aliphatic carbocycles. The molecule has 3 heteroatoms. The highest BCUT2D eigenvalue weighted by Gasteiger charge is 2.18. The third-order valence-electron chi connectivity index (χ3n) is 3.34. The molecule has 0 bridgehead atoms. The molecule has 1 rings (SSSR count). The summed E-state index contributed by atoms with van der Waals surface area (Å²) in [5, 5.41) is 0. The summed E-state index contributed by atoms with van der Waals surface area (Å²) in [7, 11) is 1.86. The SMILES string of the molecule is CCC(CC)N(C)C(=O)c1ccc(C)c(N)c1. The first kappa shape index (κ1) is 13.6. The van der Waals surface area contributed by atoms with Gasteiger partial charge in [-0.25, -0.2) is 0 Å². The smallest absolute Gasteiger partial charge is 0.253 e. The van der Waals surface area contributed by atoms with Crippen LogP contribution in [0.3, 0.4) is 0 Å². The van der Waals surface area contributed by atoms with E-state index in [2.05, 4.69) is 13.8 Å². The van der Waals surface area contributed by atoms with E-state index in [0.29, 0.717) is 17.3 Å². The van der Waals surface area contributed by atoms with Crippen molar-refractivity contribution in [2.75, 3.05) is 12.8 Å². The van der Waals surface area contributed by atoms with Gasteiger partial charge < -0.3 is 10.6 Å². The molecule has 0 aliphatic heterocycles. The lowest BCUT2D eigenvalue weighted by Crippen LogP contribution is -2.36. The Morgan fingerprint density at radius 2 is 1.94 bits per heavy atom. The Bertz CT molecular complexity index is 397. The lowest BCUT2D eigenvalue weighted by Gasteiger charge is -2.26. The number of hydrogen-bond donors (Lipinski definition) is 1. The summed E-state index contributed by atoms with van der Waals surface area (Å²) in [6.07, 6.45) is 1.94. The quantitative estimate of drug-likeness (QED) is 0.814. The number of benzene rings is 1. The standard InChI is InChI=1S/C14H22N2O/c1-5-12(6-2)16(4)14(17)11-8-7-10(3)13(15)9-11/h7-9,12H,5-6,15H2,1-4H3. The van der Waals surface area contributed by atoms with E-state index in [4.69, 9.17) is 5.73 Å². The Kier molecular flexibility index (Phi) is 4.55. The largest absolute Gasteiger partial charge is 0.398 e. The van der Waals surface area contributed by atoms with Crippen LogP contribution in [0.15, 0.2) is 18.2 Å². The van der Waals surface area contributed by atoms with Crippen LogP contribution < -0.4 is 5.73 Å². The molecule has 1 amide bonds. The number of carbonyl (C=O) groups is 1. The van der Waals surface area contributed by atoms with Gasteiger partial charge >= 0.3 is 0 Å². The lowest BCUT2D eigenvalue weighted by molar-refractivity contribution is 0.0724. The molecule has 0 atom stereocenters. The highest BCUT2D eigenvalue weighted by atomic mass is 16.2. The Morgan fingerprint density at radius 1 is 1.35 bits per heavy atom. The van der Waals surface area contributed by atoms with E-state index in [0.717, 1.165) is 18.4 Å². The normalized spacial score (nSPS) is 10.6. The van der Waals surface area contributed by atoms with Gasteiger partial charge in [-0.3, -0.25) is 4.79 Å². The predicted molar refractivity (Wildman–Crippen MR) is 72.1 cm³/mol. The summed E-state index contributed by atoms with van der Waals surface area (Å²) in [6, 6.07) is 5.79. The van der Waals surface area contributed by atoms with E-state index < -0.39 is 0 Å². The van der Waals surface area contributed by atoms with Crippen molar-refractivity contribution in [3.05, 3.63) is 29.3 Å². The van der Waals surface area contributed by atoms with E-state index in [9.17, 15) is 4.79 Å². The second-order valence-electron chi connectivity index (χ2n) is 4.46. The summed E-state index contributed by atoms with van der Waals surface area (Å²) >= 11 is 0. The fraction of sp³-hybridized carbons (Fsp3) is 0.500. The van der Waals surface area contributed by atoms with E-state index in [1.807, 2.05) is 31.0 Å². The first-order chi connectivity index (χ1) is 8.01. The lowest BCUT2D eigenvalue weighted by atomic mass is 10.1. The minimum absolute atomic E-state index is 0.0467. The van der Waals surface area contributed by atoms with Gasteiger partial charge in [-0.15, -0.1) is 0 Å². The molecule has 94 valence electrons. The van der Waals surface area contributed by atoms with Gasteiger partial charge in [-0.1, -0.05) is 19.9 Å². The van der Waals surface area contributed by atoms with E-state index in [-0.39, 0.29) is 5.91 Å². The molecule has 0 saturated heterocycles. The molecule has 1 aromatic carbocycles. The first-order valence-corrected chi connectivity index (χ1v) is 6.14. The Morgan fingerprint density at radius 3 is 2.41 bits per heavy atom. The van der Waals surface area contributed by atoms with Gasteiger partial charge in [0.25, 0.3) is 5.91 Å². The summed E-state index contributed by atoms with van der Waals surface area (Å²) in [5.41, 5.74) is 8.18. The van der Waals surface area contributed by atoms with Gasteiger partial charge in [0.2, 0.25) is 0 Å². The summed E-state index contributed by atoms with van der Waals surface area (Å²) in [5.74, 6) is 0.0467. The fourth-order valence-corrected chi connectivity index (χ4v) is 1.98. The number of rotatable bonds is 4. The zero-order valence-corrected chi connectivity index (χ0v) is 11.2. The molecular weight excluding hydrogens is 212 g/mol. The van der Waals surface area contributed by atoms with Crippen molar-refractivity contribution in [1.82, 2.24) is 4.90 Å². The third-order valence-corrected chi connectivity index (χ3v) is 3.34. The molecule has 0 radical (unpaired) electrons. The zero-order valence-electron chi connectivity index (χ0n) is 11.2. The average molecular weight is 234 g/mol. The van der Waals surface area contributed by atoms with Crippen LogP contribution >= 0.6 is 0 Å². The van der Waals surface area contributed by atoms with Crippen LogP contribution in [0.1, 0.15) is 42.6 Å². The van der Waals surface area contributed by atoms with Crippen LogP contribution in [-0.4, -0.2) is 23.9 Å². The van der Waals surface area contributed by atoms with Gasteiger partial charge in [0, 0.05) is 24.3 Å². The van der Waals surface area contributed by atoms with Gasteiger partial charge in [-0.2, -0.15) is 0 Å². The molecule has 0 unspecified atom stereocenters. The van der Waals surface area contributed by atoms with Gasteiger partial charge in [0.1, 0.15) is 0 Å². The van der Waals surface area contributed by atoms with E-state index >= 15 is 0 Å². The minimum Gasteiger partial charge on any atom is -0.398 e. The third kappa shape index (κ3) is 2.99. The molecule has 1 aromatic rings. The maximum absolute atomic E-state index is 12.2. The number of amides is 1. The highest BCUT2D eigenvalue weighted by molar-refractivity contribution is 5.95. The number of carbonyl (C=O) groups excluding carboxylic acids is 1. The van der Waals surface area contributed by atoms with E-state index in [1.54, 1.807) is 6.07 Å². The van der Waals surface area contributed by atoms with Crippen molar-refractivity contribution in [2.45, 2.75) is 39.7 Å². The zero-order chi connectivity index (χ0) is 13.0. The van der Waals surface area contributed by atoms with Crippen molar-refractivity contribution >= 4 is 11.6 Å². The Hall–Kier alpha value is -1.51. The van der Waals surface area contributed by atoms with Crippen molar-refractivity contribution < 1.29 is 4.79 Å². The topological polar surface area (TPSA) is 46.3 Å². The number of nitrogens with zero attached hydrogens (tertiary/aromatic N) is 1. The summed E-state index contributed by atoms with van der Waals surface area (Å²) in [4.78, 5) is 14.0. The monoisotopic (exact) mass is 234 g/mol. The highest BCUT2D eigenvalue weighted by Crippen LogP contribution is 2.16. The van der Waals surface area contributed by atoms with Gasteiger partial charge in [-0.05, 0) is 37.5 Å². The Balaban J connectivity index is 2.92. The molecule has 17 heavy (non-hydrogen) atoms. The predicted octanol–water partition coefficient (Wildman–Crippen LogP) is 2.84. The molecule has 0 aliphatic rings. The molecule has 0 heterocycles. The van der Waals surface area contributed by atoms with Crippen LogP contribution in [0.25, 0.3) is 0 Å². The van der Waals surface area contributed by atoms with Gasteiger partial charge in [0.15, 0.2) is 0 Å². The van der Waals surface area contributed by atoms with Crippen LogP contribution in [-0.2, 0) is 0 Å². The fourth-order valence-electron chi connectivity index (χ4n) is 1.98. The summed E-state index contributed by atoms with van der Waals surface area (Å²) < 4.78 is 0. The summed E-state index contributed by atoms with van der Waals surface area (Å²) in [6.45, 7) is 6.14. The number of hydrogen-bond acceptors (Lipinski definition) is 2. The second-order valence-corrected chi connectivity index (χ2v) is 4.46. The molecule has 0 spiro atoms.